The predicted molar refractivity (Wildman–Crippen MR) is 138 cm³/mol. The maximum absolute atomic E-state index is 12.6. The summed E-state index contributed by atoms with van der Waals surface area (Å²) in [4.78, 5) is 33.7. The summed E-state index contributed by atoms with van der Waals surface area (Å²) in [5.41, 5.74) is 2.93. The van der Waals surface area contributed by atoms with Gasteiger partial charge >= 0.3 is 5.69 Å². The lowest BCUT2D eigenvalue weighted by atomic mass is 9.83. The van der Waals surface area contributed by atoms with E-state index in [-0.39, 0.29) is 5.41 Å². The van der Waals surface area contributed by atoms with Crippen molar-refractivity contribution in [2.24, 2.45) is 0 Å². The van der Waals surface area contributed by atoms with Crippen LogP contribution in [0, 0.1) is 0 Å². The molecule has 0 atom stereocenters. The molecule has 2 aromatic heterocycles. The fraction of sp³-hybridized carbons (Fsp3) is 0.240. The molecule has 10 heteroatoms. The number of H-pyrrole nitrogens is 2. The van der Waals surface area contributed by atoms with Crippen molar-refractivity contribution in [1.82, 2.24) is 15.0 Å². The van der Waals surface area contributed by atoms with Gasteiger partial charge in [0.15, 0.2) is 0 Å². The van der Waals surface area contributed by atoms with Crippen molar-refractivity contribution in [2.75, 3.05) is 18.1 Å². The van der Waals surface area contributed by atoms with Gasteiger partial charge in [-0.15, -0.1) is 0 Å². The molecule has 9 nitrogen and oxygen atoms in total. The number of aromatic nitrogens is 3. The Morgan fingerprint density at radius 1 is 1.00 bits per heavy atom. The van der Waals surface area contributed by atoms with Gasteiger partial charge in [0, 0.05) is 40.2 Å². The monoisotopic (exact) mass is 494 g/mol. The molecule has 0 aliphatic carbocycles. The van der Waals surface area contributed by atoms with Gasteiger partial charge in [-0.25, -0.2) is 13.2 Å². The van der Waals surface area contributed by atoms with Gasteiger partial charge in [-0.1, -0.05) is 32.9 Å². The minimum Gasteiger partial charge on any atom is -0.496 e. The summed E-state index contributed by atoms with van der Waals surface area (Å²) in [7, 11) is -1.79. The summed E-state index contributed by atoms with van der Waals surface area (Å²) in [5, 5.41) is 0.705. The number of ether oxygens (including phenoxy) is 1. The summed E-state index contributed by atoms with van der Waals surface area (Å²) in [6.07, 6.45) is 4.16. The number of hydrogen-bond donors (Lipinski definition) is 3. The first-order chi connectivity index (χ1) is 16.4. The van der Waals surface area contributed by atoms with E-state index in [9.17, 15) is 18.0 Å². The zero-order valence-electron chi connectivity index (χ0n) is 20.0. The fourth-order valence-electron chi connectivity index (χ4n) is 3.97. The molecule has 0 radical (unpaired) electrons. The highest BCUT2D eigenvalue weighted by Gasteiger charge is 2.25. The number of anilines is 1. The summed E-state index contributed by atoms with van der Waals surface area (Å²) >= 11 is 0. The van der Waals surface area contributed by atoms with Gasteiger partial charge in [0.1, 0.15) is 5.75 Å². The number of fused-ring (bicyclic) bond motifs is 1. The van der Waals surface area contributed by atoms with Crippen LogP contribution in [-0.4, -0.2) is 36.7 Å². The van der Waals surface area contributed by atoms with E-state index in [1.807, 2.05) is 32.9 Å². The Kier molecular flexibility index (Phi) is 6.02. The van der Waals surface area contributed by atoms with Crippen molar-refractivity contribution in [2.45, 2.75) is 26.2 Å². The Bertz CT molecular complexity index is 1650. The van der Waals surface area contributed by atoms with E-state index in [0.717, 1.165) is 22.9 Å². The van der Waals surface area contributed by atoms with Crippen LogP contribution in [0.15, 0.2) is 58.4 Å². The Labute approximate surface area is 202 Å². The second-order valence-corrected chi connectivity index (χ2v) is 11.1. The first-order valence-electron chi connectivity index (χ1n) is 10.8. The molecule has 182 valence electrons. The molecule has 0 fully saturated rings. The summed E-state index contributed by atoms with van der Waals surface area (Å²) in [6, 6.07) is 10.7. The molecule has 2 aromatic carbocycles. The third-order valence-corrected chi connectivity index (χ3v) is 6.17. The lowest BCUT2D eigenvalue weighted by molar-refractivity contribution is 0.402. The zero-order chi connectivity index (χ0) is 25.5. The zero-order valence-corrected chi connectivity index (χ0v) is 20.8. The molecule has 0 saturated heterocycles. The topological polar surface area (TPSA) is 134 Å². The van der Waals surface area contributed by atoms with Crippen LogP contribution in [0.25, 0.3) is 33.2 Å². The first-order valence-corrected chi connectivity index (χ1v) is 12.7. The van der Waals surface area contributed by atoms with E-state index < -0.39 is 21.3 Å². The molecule has 0 unspecified atom stereocenters. The Balaban J connectivity index is 1.97. The Morgan fingerprint density at radius 2 is 1.69 bits per heavy atom. The van der Waals surface area contributed by atoms with Crippen LogP contribution in [0.5, 0.6) is 5.75 Å². The van der Waals surface area contributed by atoms with Crippen molar-refractivity contribution in [1.29, 1.82) is 0 Å². The molecule has 0 bridgehead atoms. The second-order valence-electron chi connectivity index (χ2n) is 9.31. The van der Waals surface area contributed by atoms with Crippen molar-refractivity contribution >= 4 is 26.6 Å². The van der Waals surface area contributed by atoms with E-state index >= 15 is 0 Å². The molecule has 0 aliphatic rings. The summed E-state index contributed by atoms with van der Waals surface area (Å²) < 4.78 is 31.3. The number of benzene rings is 2. The highest BCUT2D eigenvalue weighted by Crippen LogP contribution is 2.42. The number of nitrogens with zero attached hydrogens (tertiary/aromatic N) is 1. The number of methoxy groups -OCH3 is 1. The van der Waals surface area contributed by atoms with Crippen LogP contribution in [0.2, 0.25) is 0 Å². The maximum atomic E-state index is 12.6. The smallest absolute Gasteiger partial charge is 0.325 e. The van der Waals surface area contributed by atoms with E-state index in [1.165, 1.54) is 6.20 Å². The normalized spacial score (nSPS) is 12.0. The standard InChI is InChI=1S/C25H26N4O5S/c1-25(2,3)20-11-17(19-13-27-24(31)28-23(19)30)21-18(22(20)34-4)10-15(12-26-21)14-6-8-16(9-7-14)29-35(5,32)33/h6-13,29H,1-5H3,(H2,27,28,30,31). The number of pyridine rings is 1. The third-order valence-electron chi connectivity index (χ3n) is 5.56. The fourth-order valence-corrected chi connectivity index (χ4v) is 4.53. The number of rotatable bonds is 5. The van der Waals surface area contributed by atoms with Gasteiger partial charge < -0.3 is 9.72 Å². The minimum absolute atomic E-state index is 0.291. The van der Waals surface area contributed by atoms with Crippen LogP contribution in [-0.2, 0) is 15.4 Å². The number of nitrogens with one attached hydrogen (secondary N) is 3. The van der Waals surface area contributed by atoms with Crippen molar-refractivity contribution < 1.29 is 13.2 Å². The molecule has 0 saturated carbocycles. The van der Waals surface area contributed by atoms with E-state index in [2.05, 4.69) is 19.7 Å². The molecule has 3 N–H and O–H groups in total. The highest BCUT2D eigenvalue weighted by atomic mass is 32.2. The molecule has 2 heterocycles. The molecule has 0 spiro atoms. The summed E-state index contributed by atoms with van der Waals surface area (Å²) in [5.74, 6) is 0.641. The summed E-state index contributed by atoms with van der Waals surface area (Å²) in [6.45, 7) is 6.13. The molecule has 4 aromatic rings. The molecule has 35 heavy (non-hydrogen) atoms. The second kappa shape index (κ2) is 8.70. The Hall–Kier alpha value is -3.92. The van der Waals surface area contributed by atoms with Crippen molar-refractivity contribution in [3.05, 3.63) is 75.2 Å². The average Bonchev–Trinajstić information content (AvgIpc) is 2.76. The molecular weight excluding hydrogens is 468 g/mol. The molecule has 0 amide bonds. The van der Waals surface area contributed by atoms with Crippen LogP contribution < -0.4 is 20.7 Å². The quantitative estimate of drug-likeness (QED) is 0.388. The van der Waals surface area contributed by atoms with Crippen LogP contribution in [0.3, 0.4) is 0 Å². The van der Waals surface area contributed by atoms with E-state index in [4.69, 9.17) is 4.74 Å². The minimum atomic E-state index is -3.38. The van der Waals surface area contributed by atoms with Crippen molar-refractivity contribution in [3.8, 4) is 28.0 Å². The van der Waals surface area contributed by atoms with E-state index in [0.29, 0.717) is 33.5 Å². The lowest BCUT2D eigenvalue weighted by Crippen LogP contribution is -2.23. The number of aromatic amines is 2. The maximum Gasteiger partial charge on any atom is 0.325 e. The van der Waals surface area contributed by atoms with E-state index in [1.54, 1.807) is 37.6 Å². The van der Waals surface area contributed by atoms with Gasteiger partial charge in [0.25, 0.3) is 5.56 Å². The van der Waals surface area contributed by atoms with Crippen molar-refractivity contribution in [3.63, 3.8) is 0 Å². The van der Waals surface area contributed by atoms with Gasteiger partial charge in [0.05, 0.1) is 24.4 Å². The molecule has 0 aliphatic heterocycles. The highest BCUT2D eigenvalue weighted by molar-refractivity contribution is 7.92. The van der Waals surface area contributed by atoms with Gasteiger partial charge in [-0.2, -0.15) is 0 Å². The predicted octanol–water partition coefficient (Wildman–Crippen LogP) is 3.62. The molecule has 4 rings (SSSR count). The Morgan fingerprint density at radius 3 is 2.26 bits per heavy atom. The largest absolute Gasteiger partial charge is 0.496 e. The lowest BCUT2D eigenvalue weighted by Gasteiger charge is -2.25. The number of hydrogen-bond acceptors (Lipinski definition) is 6. The third kappa shape index (κ3) is 4.97. The molecular formula is C25H26N4O5S. The average molecular weight is 495 g/mol. The van der Waals surface area contributed by atoms with Crippen LogP contribution in [0.1, 0.15) is 26.3 Å². The van der Waals surface area contributed by atoms with Gasteiger partial charge in [-0.05, 0) is 35.2 Å². The van der Waals surface area contributed by atoms with Crippen LogP contribution in [0.4, 0.5) is 5.69 Å². The van der Waals surface area contributed by atoms with Gasteiger partial charge in [0.2, 0.25) is 10.0 Å². The van der Waals surface area contributed by atoms with Gasteiger partial charge in [-0.3, -0.25) is 19.5 Å². The van der Waals surface area contributed by atoms with Crippen LogP contribution >= 0.6 is 0 Å². The SMILES string of the molecule is COc1c(C(C)(C)C)cc(-c2c[nH]c(=O)[nH]c2=O)c2ncc(-c3ccc(NS(C)(=O)=O)cc3)cc12. The number of sulfonamides is 1. The first kappa shape index (κ1) is 24.2.